The zero-order valence-electron chi connectivity index (χ0n) is 10.7. The summed E-state index contributed by atoms with van der Waals surface area (Å²) in [6.07, 6.45) is 3.11. The van der Waals surface area contributed by atoms with Gasteiger partial charge in [0.25, 0.3) is 0 Å². The highest BCUT2D eigenvalue weighted by atomic mass is 15.2. The number of hydrogen-bond donors (Lipinski definition) is 1. The van der Waals surface area contributed by atoms with Crippen molar-refractivity contribution in [3.8, 4) is 6.07 Å². The van der Waals surface area contributed by atoms with Crippen molar-refractivity contribution in [3.63, 3.8) is 0 Å². The van der Waals surface area contributed by atoms with Gasteiger partial charge in [-0.3, -0.25) is 0 Å². The largest absolute Gasteiger partial charge is 0.370 e. The van der Waals surface area contributed by atoms with E-state index in [-0.39, 0.29) is 0 Å². The van der Waals surface area contributed by atoms with E-state index in [0.717, 1.165) is 30.2 Å². The minimum atomic E-state index is 0.498. The number of hydrogen-bond acceptors (Lipinski definition) is 5. The van der Waals surface area contributed by atoms with Crippen LogP contribution in [0.2, 0.25) is 0 Å². The van der Waals surface area contributed by atoms with Crippen LogP contribution in [0.25, 0.3) is 0 Å². The first-order chi connectivity index (χ1) is 8.20. The highest BCUT2D eigenvalue weighted by Gasteiger charge is 2.10. The van der Waals surface area contributed by atoms with Gasteiger partial charge in [0.05, 0.1) is 12.5 Å². The average Bonchev–Trinajstić information content (AvgIpc) is 2.34. The molecular weight excluding hydrogens is 214 g/mol. The summed E-state index contributed by atoms with van der Waals surface area (Å²) in [6.45, 7) is 5.69. The fourth-order valence-electron chi connectivity index (χ4n) is 1.57. The quantitative estimate of drug-likeness (QED) is 0.813. The molecule has 0 atom stereocenters. The molecule has 0 fully saturated rings. The number of rotatable bonds is 6. The molecule has 1 rings (SSSR count). The molecule has 1 heterocycles. The van der Waals surface area contributed by atoms with E-state index in [0.29, 0.717) is 13.0 Å². The molecule has 0 bridgehead atoms. The van der Waals surface area contributed by atoms with E-state index in [1.54, 1.807) is 6.33 Å². The fourth-order valence-corrected chi connectivity index (χ4v) is 1.57. The van der Waals surface area contributed by atoms with Crippen LogP contribution >= 0.6 is 0 Å². The van der Waals surface area contributed by atoms with E-state index in [1.165, 1.54) is 0 Å². The maximum atomic E-state index is 8.58. The van der Waals surface area contributed by atoms with Crippen LogP contribution in [0.4, 0.5) is 11.6 Å². The van der Waals surface area contributed by atoms with Gasteiger partial charge in [0, 0.05) is 25.7 Å². The van der Waals surface area contributed by atoms with E-state index in [2.05, 4.69) is 28.3 Å². The lowest BCUT2D eigenvalue weighted by Gasteiger charge is -2.20. The Morgan fingerprint density at radius 1 is 1.47 bits per heavy atom. The van der Waals surface area contributed by atoms with Gasteiger partial charge in [0.1, 0.15) is 18.0 Å². The number of anilines is 2. The summed E-state index contributed by atoms with van der Waals surface area (Å²) in [6, 6.07) is 2.14. The van der Waals surface area contributed by atoms with Crippen LogP contribution < -0.4 is 10.2 Å². The SMILES string of the molecule is CCCNc1ncnc(N(C)CCC#N)c1C. The third-order valence-electron chi connectivity index (χ3n) is 2.52. The van der Waals surface area contributed by atoms with E-state index in [1.807, 2.05) is 18.9 Å². The number of nitriles is 1. The lowest BCUT2D eigenvalue weighted by Crippen LogP contribution is -2.21. The molecule has 1 aromatic heterocycles. The van der Waals surface area contributed by atoms with Crippen molar-refractivity contribution in [2.75, 3.05) is 30.4 Å². The highest BCUT2D eigenvalue weighted by molar-refractivity contribution is 5.57. The highest BCUT2D eigenvalue weighted by Crippen LogP contribution is 2.21. The van der Waals surface area contributed by atoms with Crippen LogP contribution in [0.1, 0.15) is 25.3 Å². The van der Waals surface area contributed by atoms with Crippen LogP contribution in [0.3, 0.4) is 0 Å². The average molecular weight is 233 g/mol. The Morgan fingerprint density at radius 3 is 2.88 bits per heavy atom. The molecule has 0 amide bonds. The third kappa shape index (κ3) is 3.59. The van der Waals surface area contributed by atoms with Gasteiger partial charge in [0.15, 0.2) is 0 Å². The molecule has 5 nitrogen and oxygen atoms in total. The monoisotopic (exact) mass is 233 g/mol. The Bertz CT molecular complexity index is 396. The fraction of sp³-hybridized carbons (Fsp3) is 0.583. The van der Waals surface area contributed by atoms with E-state index in [9.17, 15) is 0 Å². The number of nitrogens with one attached hydrogen (secondary N) is 1. The van der Waals surface area contributed by atoms with Crippen molar-refractivity contribution in [1.82, 2.24) is 9.97 Å². The minimum absolute atomic E-state index is 0.498. The molecule has 0 radical (unpaired) electrons. The van der Waals surface area contributed by atoms with Crippen LogP contribution in [-0.2, 0) is 0 Å². The Labute approximate surface area is 102 Å². The van der Waals surface area contributed by atoms with Gasteiger partial charge < -0.3 is 10.2 Å². The second-order valence-corrected chi connectivity index (χ2v) is 3.93. The molecular formula is C12H19N5. The first-order valence-electron chi connectivity index (χ1n) is 5.84. The van der Waals surface area contributed by atoms with Crippen molar-refractivity contribution in [3.05, 3.63) is 11.9 Å². The van der Waals surface area contributed by atoms with Crippen molar-refractivity contribution in [2.24, 2.45) is 0 Å². The predicted molar refractivity (Wildman–Crippen MR) is 69.0 cm³/mol. The molecule has 92 valence electrons. The summed E-state index contributed by atoms with van der Waals surface area (Å²) < 4.78 is 0. The summed E-state index contributed by atoms with van der Waals surface area (Å²) in [7, 11) is 1.94. The smallest absolute Gasteiger partial charge is 0.136 e. The molecule has 0 aliphatic rings. The molecule has 0 spiro atoms. The lowest BCUT2D eigenvalue weighted by molar-refractivity contribution is 0.869. The molecule has 5 heteroatoms. The first kappa shape index (κ1) is 13.2. The van der Waals surface area contributed by atoms with Gasteiger partial charge >= 0.3 is 0 Å². The van der Waals surface area contributed by atoms with Crippen molar-refractivity contribution in [2.45, 2.75) is 26.7 Å². The summed E-state index contributed by atoms with van der Waals surface area (Å²) in [5.41, 5.74) is 1.03. The Balaban J connectivity index is 2.82. The minimum Gasteiger partial charge on any atom is -0.370 e. The second kappa shape index (κ2) is 6.69. The molecule has 0 aliphatic carbocycles. The molecule has 0 aromatic carbocycles. The normalized spacial score (nSPS) is 9.76. The lowest BCUT2D eigenvalue weighted by atomic mass is 10.2. The van der Waals surface area contributed by atoms with Crippen LogP contribution in [0.15, 0.2) is 6.33 Å². The summed E-state index contributed by atoms with van der Waals surface area (Å²) in [5, 5.41) is 11.9. The van der Waals surface area contributed by atoms with Gasteiger partial charge in [0.2, 0.25) is 0 Å². The summed E-state index contributed by atoms with van der Waals surface area (Å²) in [4.78, 5) is 10.5. The molecule has 0 saturated heterocycles. The van der Waals surface area contributed by atoms with Crippen LogP contribution in [0, 0.1) is 18.3 Å². The standard InChI is InChI=1S/C12H19N5/c1-4-7-14-11-10(2)12(16-9-15-11)17(3)8-5-6-13/h9H,4-5,7-8H2,1-3H3,(H,14,15,16). The summed E-state index contributed by atoms with van der Waals surface area (Å²) in [5.74, 6) is 1.76. The maximum Gasteiger partial charge on any atom is 0.136 e. The number of aromatic nitrogens is 2. The third-order valence-corrected chi connectivity index (χ3v) is 2.52. The van der Waals surface area contributed by atoms with Gasteiger partial charge in [-0.1, -0.05) is 6.92 Å². The van der Waals surface area contributed by atoms with Gasteiger partial charge in [-0.2, -0.15) is 5.26 Å². The molecule has 17 heavy (non-hydrogen) atoms. The van der Waals surface area contributed by atoms with Gasteiger partial charge in [-0.05, 0) is 13.3 Å². The van der Waals surface area contributed by atoms with Crippen LogP contribution in [-0.4, -0.2) is 30.1 Å². The maximum absolute atomic E-state index is 8.58. The predicted octanol–water partition coefficient (Wildman–Crippen LogP) is 1.96. The van der Waals surface area contributed by atoms with Gasteiger partial charge in [-0.15, -0.1) is 0 Å². The Kier molecular flexibility index (Phi) is 5.21. The van der Waals surface area contributed by atoms with E-state index in [4.69, 9.17) is 5.26 Å². The van der Waals surface area contributed by atoms with E-state index < -0.39 is 0 Å². The second-order valence-electron chi connectivity index (χ2n) is 3.93. The molecule has 0 saturated carbocycles. The zero-order chi connectivity index (χ0) is 12.7. The molecule has 1 N–H and O–H groups in total. The molecule has 0 aliphatic heterocycles. The van der Waals surface area contributed by atoms with Crippen molar-refractivity contribution in [1.29, 1.82) is 5.26 Å². The van der Waals surface area contributed by atoms with Crippen molar-refractivity contribution >= 4 is 11.6 Å². The van der Waals surface area contributed by atoms with Crippen molar-refractivity contribution < 1.29 is 0 Å². The Morgan fingerprint density at radius 2 is 2.24 bits per heavy atom. The van der Waals surface area contributed by atoms with E-state index >= 15 is 0 Å². The first-order valence-corrected chi connectivity index (χ1v) is 5.84. The topological polar surface area (TPSA) is 64.8 Å². The van der Waals surface area contributed by atoms with Gasteiger partial charge in [-0.25, -0.2) is 9.97 Å². The Hall–Kier alpha value is -1.83. The number of nitrogens with zero attached hydrogens (tertiary/aromatic N) is 4. The summed E-state index contributed by atoms with van der Waals surface area (Å²) >= 11 is 0. The molecule has 0 unspecified atom stereocenters. The van der Waals surface area contributed by atoms with Crippen LogP contribution in [0.5, 0.6) is 0 Å². The molecule has 1 aromatic rings. The zero-order valence-corrected chi connectivity index (χ0v) is 10.7.